The van der Waals surface area contributed by atoms with Gasteiger partial charge in [-0.1, -0.05) is 35.9 Å². The third kappa shape index (κ3) is 2.65. The molecule has 138 valence electrons. The summed E-state index contributed by atoms with van der Waals surface area (Å²) in [5.74, 6) is -0.0262. The Morgan fingerprint density at radius 2 is 1.93 bits per heavy atom. The Labute approximate surface area is 162 Å². The van der Waals surface area contributed by atoms with Crippen molar-refractivity contribution in [3.8, 4) is 11.3 Å². The molecule has 0 N–H and O–H groups in total. The van der Waals surface area contributed by atoms with Crippen molar-refractivity contribution in [3.63, 3.8) is 0 Å². The number of nitrogens with zero attached hydrogens (tertiary/aromatic N) is 3. The van der Waals surface area contributed by atoms with Crippen LogP contribution in [0.4, 0.5) is 0 Å². The first-order valence-electron chi connectivity index (χ1n) is 9.29. The first kappa shape index (κ1) is 16.8. The Bertz CT molecular complexity index is 1050. The molecule has 5 nitrogen and oxygen atoms in total. The summed E-state index contributed by atoms with van der Waals surface area (Å²) in [5, 5.41) is 0.991. The third-order valence-electron chi connectivity index (χ3n) is 5.70. The van der Waals surface area contributed by atoms with E-state index in [1.165, 1.54) is 5.56 Å². The summed E-state index contributed by atoms with van der Waals surface area (Å²) in [4.78, 5) is 21.8. The van der Waals surface area contributed by atoms with E-state index in [9.17, 15) is 4.79 Å². The molecule has 5 rings (SSSR count). The Morgan fingerprint density at radius 1 is 1.15 bits per heavy atom. The van der Waals surface area contributed by atoms with Gasteiger partial charge >= 0.3 is 0 Å². The normalized spacial score (nSPS) is 17.0. The van der Waals surface area contributed by atoms with Crippen LogP contribution >= 0.6 is 11.6 Å². The van der Waals surface area contributed by atoms with Crippen LogP contribution in [-0.2, 0) is 12.8 Å². The molecule has 0 unspecified atom stereocenters. The van der Waals surface area contributed by atoms with E-state index >= 15 is 0 Å². The van der Waals surface area contributed by atoms with Crippen molar-refractivity contribution in [2.75, 3.05) is 33.2 Å². The van der Waals surface area contributed by atoms with Crippen LogP contribution in [-0.4, -0.2) is 53.9 Å². The lowest BCUT2D eigenvalue weighted by atomic mass is 9.88. The van der Waals surface area contributed by atoms with Crippen LogP contribution in [0.15, 0.2) is 34.9 Å². The van der Waals surface area contributed by atoms with Crippen LogP contribution in [0.2, 0.25) is 5.15 Å². The fraction of sp³-hybridized carbons (Fsp3) is 0.333. The molecule has 2 aromatic heterocycles. The second kappa shape index (κ2) is 6.36. The summed E-state index contributed by atoms with van der Waals surface area (Å²) in [5.41, 5.74) is 5.53. The number of carbonyl (C=O) groups excluding carboxylic acids is 1. The number of pyridine rings is 1. The summed E-state index contributed by atoms with van der Waals surface area (Å²) in [7, 11) is 2.07. The Hall–Kier alpha value is -2.37. The molecule has 27 heavy (non-hydrogen) atoms. The fourth-order valence-corrected chi connectivity index (χ4v) is 4.41. The smallest absolute Gasteiger partial charge is 0.257 e. The number of halogens is 1. The summed E-state index contributed by atoms with van der Waals surface area (Å²) in [6.45, 7) is 3.18. The zero-order valence-electron chi connectivity index (χ0n) is 15.2. The second-order valence-electron chi connectivity index (χ2n) is 7.34. The van der Waals surface area contributed by atoms with Gasteiger partial charge in [0.1, 0.15) is 17.0 Å². The number of aryl methyl sites for hydroxylation is 2. The van der Waals surface area contributed by atoms with Crippen molar-refractivity contribution < 1.29 is 9.21 Å². The Kier molecular flexibility index (Phi) is 3.95. The van der Waals surface area contributed by atoms with Gasteiger partial charge < -0.3 is 14.2 Å². The molecular weight excluding hydrogens is 362 g/mol. The summed E-state index contributed by atoms with van der Waals surface area (Å²) < 4.78 is 5.89. The number of hydrogen-bond acceptors (Lipinski definition) is 4. The van der Waals surface area contributed by atoms with Crippen molar-refractivity contribution in [1.82, 2.24) is 14.8 Å². The highest BCUT2D eigenvalue weighted by Crippen LogP contribution is 2.40. The van der Waals surface area contributed by atoms with Gasteiger partial charge in [-0.05, 0) is 25.5 Å². The van der Waals surface area contributed by atoms with Gasteiger partial charge in [-0.15, -0.1) is 0 Å². The molecule has 1 aliphatic carbocycles. The molecule has 3 heterocycles. The van der Waals surface area contributed by atoms with E-state index in [4.69, 9.17) is 16.0 Å². The Morgan fingerprint density at radius 3 is 2.74 bits per heavy atom. The highest BCUT2D eigenvalue weighted by atomic mass is 35.5. The molecule has 2 aliphatic rings. The van der Waals surface area contributed by atoms with E-state index in [1.54, 1.807) is 6.26 Å². The van der Waals surface area contributed by atoms with Crippen molar-refractivity contribution in [3.05, 3.63) is 52.4 Å². The van der Waals surface area contributed by atoms with E-state index in [1.807, 2.05) is 17.0 Å². The minimum atomic E-state index is -0.0262. The predicted octanol–water partition coefficient (Wildman–Crippen LogP) is 3.63. The average molecular weight is 382 g/mol. The van der Waals surface area contributed by atoms with Gasteiger partial charge in [0.15, 0.2) is 0 Å². The summed E-state index contributed by atoms with van der Waals surface area (Å²) >= 11 is 6.56. The third-order valence-corrected chi connectivity index (χ3v) is 5.98. The number of piperazine rings is 1. The highest BCUT2D eigenvalue weighted by molar-refractivity contribution is 6.36. The number of hydrogen-bond donors (Lipinski definition) is 0. The monoisotopic (exact) mass is 381 g/mol. The number of fused-ring (bicyclic) bond motifs is 5. The molecule has 1 saturated heterocycles. The molecule has 0 atom stereocenters. The van der Waals surface area contributed by atoms with Gasteiger partial charge in [-0.2, -0.15) is 0 Å². The standard InChI is InChI=1S/C21H20ClN3O2/c1-24-8-10-25(11-9-24)21(26)16-12-27-19-15-7-6-13-4-2-3-5-14(13)18(15)23-20(22)17(16)19/h2-5,12H,6-11H2,1H3. The van der Waals surface area contributed by atoms with E-state index in [0.29, 0.717) is 34.8 Å². The van der Waals surface area contributed by atoms with Gasteiger partial charge in [-0.25, -0.2) is 4.98 Å². The SMILES string of the molecule is CN1CCN(C(=O)c2coc3c4c(nc(Cl)c23)-c2ccccc2CC4)CC1. The first-order valence-corrected chi connectivity index (χ1v) is 9.67. The topological polar surface area (TPSA) is 49.6 Å². The number of rotatable bonds is 1. The maximum atomic E-state index is 13.1. The van der Waals surface area contributed by atoms with Gasteiger partial charge in [0.2, 0.25) is 0 Å². The lowest BCUT2D eigenvalue weighted by molar-refractivity contribution is 0.0665. The van der Waals surface area contributed by atoms with E-state index in [0.717, 1.165) is 42.8 Å². The quantitative estimate of drug-likeness (QED) is 0.604. The number of amides is 1. The number of furan rings is 1. The molecule has 3 aromatic rings. The lowest BCUT2D eigenvalue weighted by Gasteiger charge is -2.32. The second-order valence-corrected chi connectivity index (χ2v) is 7.69. The molecule has 0 spiro atoms. The maximum absolute atomic E-state index is 13.1. The molecule has 1 amide bonds. The molecule has 1 aliphatic heterocycles. The van der Waals surface area contributed by atoms with Crippen LogP contribution in [0.5, 0.6) is 0 Å². The summed E-state index contributed by atoms with van der Waals surface area (Å²) in [6, 6.07) is 8.26. The van der Waals surface area contributed by atoms with Gasteiger partial charge in [0, 0.05) is 37.3 Å². The van der Waals surface area contributed by atoms with Crippen LogP contribution in [0.1, 0.15) is 21.5 Å². The average Bonchev–Trinajstić information content (AvgIpc) is 3.14. The molecule has 1 fully saturated rings. The van der Waals surface area contributed by atoms with Crippen LogP contribution in [0.3, 0.4) is 0 Å². The van der Waals surface area contributed by atoms with Gasteiger partial charge in [0.05, 0.1) is 16.6 Å². The number of aromatic nitrogens is 1. The molecule has 0 radical (unpaired) electrons. The van der Waals surface area contributed by atoms with Crippen molar-refractivity contribution in [2.24, 2.45) is 0 Å². The van der Waals surface area contributed by atoms with E-state index in [-0.39, 0.29) is 5.91 Å². The molecule has 6 heteroatoms. The zero-order chi connectivity index (χ0) is 18.5. The highest BCUT2D eigenvalue weighted by Gasteiger charge is 2.29. The van der Waals surface area contributed by atoms with Gasteiger partial charge in [-0.3, -0.25) is 4.79 Å². The molecular formula is C21H20ClN3O2. The fourth-order valence-electron chi connectivity index (χ4n) is 4.13. The van der Waals surface area contributed by atoms with Crippen LogP contribution < -0.4 is 0 Å². The molecule has 0 bridgehead atoms. The van der Waals surface area contributed by atoms with E-state index in [2.05, 4.69) is 29.1 Å². The van der Waals surface area contributed by atoms with E-state index < -0.39 is 0 Å². The van der Waals surface area contributed by atoms with Crippen molar-refractivity contribution in [2.45, 2.75) is 12.8 Å². The first-order chi connectivity index (χ1) is 13.1. The Balaban J connectivity index is 1.61. The van der Waals surface area contributed by atoms with Crippen molar-refractivity contribution in [1.29, 1.82) is 0 Å². The minimum absolute atomic E-state index is 0.0262. The number of likely N-dealkylation sites (N-methyl/N-ethyl adjacent to an activating group) is 1. The maximum Gasteiger partial charge on any atom is 0.257 e. The number of benzene rings is 1. The van der Waals surface area contributed by atoms with Gasteiger partial charge in [0.25, 0.3) is 5.91 Å². The van der Waals surface area contributed by atoms with Crippen LogP contribution in [0.25, 0.3) is 22.2 Å². The minimum Gasteiger partial charge on any atom is -0.463 e. The summed E-state index contributed by atoms with van der Waals surface area (Å²) in [6.07, 6.45) is 3.33. The predicted molar refractivity (Wildman–Crippen MR) is 105 cm³/mol. The molecule has 1 aromatic carbocycles. The zero-order valence-corrected chi connectivity index (χ0v) is 15.9. The van der Waals surface area contributed by atoms with Crippen molar-refractivity contribution >= 4 is 28.5 Å². The largest absolute Gasteiger partial charge is 0.463 e. The number of carbonyl (C=O) groups is 1. The molecule has 0 saturated carbocycles. The lowest BCUT2D eigenvalue weighted by Crippen LogP contribution is -2.47. The van der Waals surface area contributed by atoms with Crippen LogP contribution in [0, 0.1) is 0 Å².